The molecule has 76 valence electrons. The molecule has 0 saturated heterocycles. The fourth-order valence-electron chi connectivity index (χ4n) is 1.73. The molecule has 3 heteroatoms. The largest absolute Gasteiger partial charge is 0.323 e. The summed E-state index contributed by atoms with van der Waals surface area (Å²) in [6.45, 7) is 8.71. The molecule has 0 bridgehead atoms. The number of aromatic amines is 2. The first-order valence-electron chi connectivity index (χ1n) is 4.86. The average molecular weight is 192 g/mol. The molecule has 0 aliphatic heterocycles. The second-order valence-electron chi connectivity index (χ2n) is 5.14. The molecule has 1 aliphatic carbocycles. The minimum Gasteiger partial charge on any atom is -0.306 e. The molecular formula is C11H16N2O. The van der Waals surface area contributed by atoms with E-state index in [1.54, 1.807) is 0 Å². The lowest BCUT2D eigenvalue weighted by atomic mass is 9.66. The second-order valence-corrected chi connectivity index (χ2v) is 5.14. The van der Waals surface area contributed by atoms with Crippen LogP contribution in [0.5, 0.6) is 0 Å². The third-order valence-electron chi connectivity index (χ3n) is 3.46. The van der Waals surface area contributed by atoms with E-state index in [0.717, 1.165) is 10.7 Å². The molecule has 14 heavy (non-hydrogen) atoms. The van der Waals surface area contributed by atoms with Gasteiger partial charge in [-0.15, -0.1) is 0 Å². The number of aromatic nitrogens is 2. The molecule has 2 N–H and O–H groups in total. The highest BCUT2D eigenvalue weighted by Gasteiger charge is 2.35. The molecule has 0 radical (unpaired) electrons. The van der Waals surface area contributed by atoms with E-state index in [9.17, 15) is 4.79 Å². The van der Waals surface area contributed by atoms with Gasteiger partial charge < -0.3 is 9.97 Å². The Bertz CT molecular complexity index is 482. The van der Waals surface area contributed by atoms with Crippen molar-refractivity contribution < 1.29 is 0 Å². The Balaban J connectivity index is 2.85. The Labute approximate surface area is 82.6 Å². The highest BCUT2D eigenvalue weighted by atomic mass is 16.1. The molecule has 0 spiro atoms. The van der Waals surface area contributed by atoms with Gasteiger partial charge in [-0.3, -0.25) is 0 Å². The normalized spacial score (nSPS) is 22.0. The molecule has 3 nitrogen and oxygen atoms in total. The molecule has 1 aromatic rings. The average Bonchev–Trinajstić information content (AvgIpc) is 2.27. The summed E-state index contributed by atoms with van der Waals surface area (Å²) < 4.78 is 0. The first kappa shape index (κ1) is 9.31. The van der Waals surface area contributed by atoms with Crippen LogP contribution in [0, 0.1) is 10.8 Å². The summed E-state index contributed by atoms with van der Waals surface area (Å²) in [6.07, 6.45) is 4.25. The smallest absolute Gasteiger partial charge is 0.306 e. The number of hydrogen-bond donors (Lipinski definition) is 2. The maximum absolute atomic E-state index is 11.1. The van der Waals surface area contributed by atoms with Crippen LogP contribution in [0.1, 0.15) is 27.7 Å². The number of H-pyrrole nitrogens is 2. The van der Waals surface area contributed by atoms with Gasteiger partial charge in [0.15, 0.2) is 0 Å². The summed E-state index contributed by atoms with van der Waals surface area (Å²) in [5.74, 6) is 0. The molecule has 0 fully saturated rings. The topological polar surface area (TPSA) is 48.6 Å². The van der Waals surface area contributed by atoms with Crippen molar-refractivity contribution >= 4 is 12.2 Å². The number of fused-ring (bicyclic) bond motifs is 1. The van der Waals surface area contributed by atoms with Gasteiger partial charge in [0.1, 0.15) is 0 Å². The standard InChI is InChI=1S/C11H16N2O/c1-10(2)5-7-8(6-11(10,3)4)13-9(14)12-7/h5-6H,1-4H3,(H2,12,13,14). The van der Waals surface area contributed by atoms with Gasteiger partial charge >= 0.3 is 5.69 Å². The van der Waals surface area contributed by atoms with Crippen molar-refractivity contribution in [1.82, 2.24) is 9.97 Å². The molecule has 1 aliphatic rings. The van der Waals surface area contributed by atoms with Crippen LogP contribution in [0.3, 0.4) is 0 Å². The fraction of sp³-hybridized carbons (Fsp3) is 0.545. The molecule has 0 saturated carbocycles. The molecule has 0 aromatic carbocycles. The molecular weight excluding hydrogens is 176 g/mol. The molecule has 0 unspecified atom stereocenters. The van der Waals surface area contributed by atoms with Crippen molar-refractivity contribution in [1.29, 1.82) is 0 Å². The summed E-state index contributed by atoms with van der Waals surface area (Å²) in [6, 6.07) is 0. The third kappa shape index (κ3) is 1.15. The van der Waals surface area contributed by atoms with Crippen molar-refractivity contribution in [2.45, 2.75) is 27.7 Å². The zero-order chi connectivity index (χ0) is 10.6. The van der Waals surface area contributed by atoms with E-state index in [2.05, 4.69) is 49.8 Å². The molecule has 2 rings (SSSR count). The number of nitrogens with one attached hydrogen (secondary N) is 2. The van der Waals surface area contributed by atoms with Crippen LogP contribution in [0.25, 0.3) is 12.2 Å². The van der Waals surface area contributed by atoms with Gasteiger partial charge in [0, 0.05) is 0 Å². The molecule has 1 aromatic heterocycles. The van der Waals surface area contributed by atoms with Crippen molar-refractivity contribution in [3.8, 4) is 0 Å². The van der Waals surface area contributed by atoms with Crippen LogP contribution in [0.15, 0.2) is 4.79 Å². The predicted octanol–water partition coefficient (Wildman–Crippen LogP) is 0.330. The van der Waals surface area contributed by atoms with Crippen LogP contribution in [-0.2, 0) is 0 Å². The molecule has 1 heterocycles. The Hall–Kier alpha value is -1.25. The van der Waals surface area contributed by atoms with E-state index in [4.69, 9.17) is 0 Å². The highest BCUT2D eigenvalue weighted by Crippen LogP contribution is 2.41. The summed E-state index contributed by atoms with van der Waals surface area (Å²) in [4.78, 5) is 16.7. The first-order valence-corrected chi connectivity index (χ1v) is 4.86. The number of imidazole rings is 1. The van der Waals surface area contributed by atoms with Crippen LogP contribution in [0.4, 0.5) is 0 Å². The summed E-state index contributed by atoms with van der Waals surface area (Å²) in [7, 11) is 0. The van der Waals surface area contributed by atoms with Crippen molar-refractivity contribution in [3.63, 3.8) is 0 Å². The lowest BCUT2D eigenvalue weighted by Crippen LogP contribution is -2.41. The Morgan fingerprint density at radius 2 is 1.29 bits per heavy atom. The second kappa shape index (κ2) is 2.41. The predicted molar refractivity (Wildman–Crippen MR) is 57.2 cm³/mol. The van der Waals surface area contributed by atoms with Crippen molar-refractivity contribution in [3.05, 3.63) is 21.2 Å². The monoisotopic (exact) mass is 192 g/mol. The minimum absolute atomic E-state index is 0.0606. The van der Waals surface area contributed by atoms with Crippen molar-refractivity contribution in [2.75, 3.05) is 0 Å². The Morgan fingerprint density at radius 3 is 1.64 bits per heavy atom. The Kier molecular flexibility index (Phi) is 1.60. The van der Waals surface area contributed by atoms with Crippen LogP contribution in [-0.4, -0.2) is 9.97 Å². The lowest BCUT2D eigenvalue weighted by molar-refractivity contribution is 0.271. The molecule has 0 atom stereocenters. The van der Waals surface area contributed by atoms with Gasteiger partial charge in [0.05, 0.1) is 10.7 Å². The van der Waals surface area contributed by atoms with Gasteiger partial charge in [-0.25, -0.2) is 4.79 Å². The van der Waals surface area contributed by atoms with E-state index in [-0.39, 0.29) is 16.5 Å². The van der Waals surface area contributed by atoms with E-state index in [1.165, 1.54) is 0 Å². The third-order valence-corrected chi connectivity index (χ3v) is 3.46. The van der Waals surface area contributed by atoms with E-state index in [1.807, 2.05) is 0 Å². The van der Waals surface area contributed by atoms with Gasteiger partial charge in [-0.2, -0.15) is 0 Å². The van der Waals surface area contributed by atoms with Gasteiger partial charge in [0.25, 0.3) is 0 Å². The van der Waals surface area contributed by atoms with Gasteiger partial charge in [-0.05, 0) is 10.8 Å². The first-order chi connectivity index (χ1) is 6.32. The van der Waals surface area contributed by atoms with Crippen LogP contribution >= 0.6 is 0 Å². The number of hydrogen-bond acceptors (Lipinski definition) is 1. The quantitative estimate of drug-likeness (QED) is 0.611. The summed E-state index contributed by atoms with van der Waals surface area (Å²) >= 11 is 0. The molecule has 0 amide bonds. The van der Waals surface area contributed by atoms with Gasteiger partial charge in [-0.1, -0.05) is 39.8 Å². The SMILES string of the molecule is CC1(C)C=c2[nH]c(=O)[nH]c2=CC1(C)C. The van der Waals surface area contributed by atoms with Gasteiger partial charge in [0.2, 0.25) is 0 Å². The Morgan fingerprint density at radius 1 is 0.929 bits per heavy atom. The van der Waals surface area contributed by atoms with Crippen molar-refractivity contribution in [2.24, 2.45) is 10.8 Å². The zero-order valence-electron chi connectivity index (χ0n) is 9.06. The van der Waals surface area contributed by atoms with Crippen LogP contribution in [0.2, 0.25) is 0 Å². The maximum Gasteiger partial charge on any atom is 0.323 e. The maximum atomic E-state index is 11.1. The minimum atomic E-state index is -0.129. The fourth-order valence-corrected chi connectivity index (χ4v) is 1.73. The van der Waals surface area contributed by atoms with E-state index < -0.39 is 0 Å². The zero-order valence-corrected chi connectivity index (χ0v) is 9.06. The summed E-state index contributed by atoms with van der Waals surface area (Å²) in [5.41, 5.74) is -0.00741. The highest BCUT2D eigenvalue weighted by molar-refractivity contribution is 5.46. The van der Waals surface area contributed by atoms with E-state index >= 15 is 0 Å². The lowest BCUT2D eigenvalue weighted by Gasteiger charge is -2.38. The van der Waals surface area contributed by atoms with E-state index in [0.29, 0.717) is 0 Å². The number of rotatable bonds is 0. The summed E-state index contributed by atoms with van der Waals surface area (Å²) in [5, 5.41) is 1.83. The van der Waals surface area contributed by atoms with Crippen LogP contribution < -0.4 is 16.4 Å².